The van der Waals surface area contributed by atoms with Crippen molar-refractivity contribution >= 4 is 17.6 Å². The van der Waals surface area contributed by atoms with Crippen LogP contribution in [0.15, 0.2) is 30.3 Å². The van der Waals surface area contributed by atoms with Crippen LogP contribution in [0, 0.1) is 18.6 Å². The van der Waals surface area contributed by atoms with Crippen LogP contribution < -0.4 is 16.4 Å². The second-order valence-electron chi connectivity index (χ2n) is 7.85. The standard InChI is InChI=1S/C22H27F2N5O2/c1-13-15(6-8-20(25)27-13)12-26-21(30)18(11-14-5-7-16(23)17(24)10-14)28-22(31)19-4-3-9-29(19)2/h5-8,10,18-19H,3-4,9,11-12H2,1-2H3,(H2,25,27)(H,26,30)(H,28,31)/t18-,19+/m0/s1. The predicted molar refractivity (Wildman–Crippen MR) is 113 cm³/mol. The average molecular weight is 431 g/mol. The molecular formula is C22H27F2N5O2. The second kappa shape index (κ2) is 9.82. The van der Waals surface area contributed by atoms with Gasteiger partial charge in [0, 0.05) is 18.7 Å². The fourth-order valence-corrected chi connectivity index (χ4v) is 3.72. The molecular weight excluding hydrogens is 404 g/mol. The van der Waals surface area contributed by atoms with Gasteiger partial charge in [0.05, 0.1) is 6.04 Å². The quantitative estimate of drug-likeness (QED) is 0.620. The van der Waals surface area contributed by atoms with Crippen LogP contribution in [0.3, 0.4) is 0 Å². The highest BCUT2D eigenvalue weighted by molar-refractivity contribution is 5.90. The molecule has 3 rings (SSSR count). The summed E-state index contributed by atoms with van der Waals surface area (Å²) in [5, 5.41) is 5.58. The van der Waals surface area contributed by atoms with E-state index in [1.54, 1.807) is 19.1 Å². The lowest BCUT2D eigenvalue weighted by Crippen LogP contribution is -2.52. The topological polar surface area (TPSA) is 100 Å². The zero-order valence-corrected chi connectivity index (χ0v) is 17.6. The summed E-state index contributed by atoms with van der Waals surface area (Å²) in [6, 6.07) is 5.62. The Morgan fingerprint density at radius 3 is 2.68 bits per heavy atom. The summed E-state index contributed by atoms with van der Waals surface area (Å²) in [6.45, 7) is 2.79. The van der Waals surface area contributed by atoms with Crippen LogP contribution in [0.2, 0.25) is 0 Å². The monoisotopic (exact) mass is 431 g/mol. The van der Waals surface area contributed by atoms with Crippen LogP contribution in [-0.4, -0.2) is 47.4 Å². The molecule has 4 N–H and O–H groups in total. The second-order valence-corrected chi connectivity index (χ2v) is 7.85. The molecule has 7 nitrogen and oxygen atoms in total. The van der Waals surface area contributed by atoms with E-state index in [0.717, 1.165) is 30.7 Å². The molecule has 0 saturated carbocycles. The summed E-state index contributed by atoms with van der Waals surface area (Å²) >= 11 is 0. The van der Waals surface area contributed by atoms with Crippen molar-refractivity contribution in [3.05, 3.63) is 58.8 Å². The smallest absolute Gasteiger partial charge is 0.243 e. The first-order chi connectivity index (χ1) is 14.7. The molecule has 0 spiro atoms. The van der Waals surface area contributed by atoms with Crippen LogP contribution in [0.5, 0.6) is 0 Å². The van der Waals surface area contributed by atoms with Gasteiger partial charge in [0.1, 0.15) is 11.9 Å². The maximum atomic E-state index is 13.6. The SMILES string of the molecule is Cc1nc(N)ccc1CNC(=O)[C@H](Cc1ccc(F)c(F)c1)NC(=O)[C@H]1CCCN1C. The van der Waals surface area contributed by atoms with E-state index in [1.165, 1.54) is 6.07 Å². The summed E-state index contributed by atoms with van der Waals surface area (Å²) in [5.41, 5.74) is 7.54. The van der Waals surface area contributed by atoms with E-state index < -0.39 is 23.6 Å². The van der Waals surface area contributed by atoms with Gasteiger partial charge in [0.25, 0.3) is 0 Å². The van der Waals surface area contributed by atoms with Crippen molar-refractivity contribution < 1.29 is 18.4 Å². The van der Waals surface area contributed by atoms with Crippen molar-refractivity contribution in [1.82, 2.24) is 20.5 Å². The minimum absolute atomic E-state index is 0.0319. The van der Waals surface area contributed by atoms with Gasteiger partial charge in [-0.25, -0.2) is 13.8 Å². The Labute approximate surface area is 180 Å². The lowest BCUT2D eigenvalue weighted by molar-refractivity contribution is -0.131. The summed E-state index contributed by atoms with van der Waals surface area (Å²) < 4.78 is 26.9. The van der Waals surface area contributed by atoms with Gasteiger partial charge in [0.15, 0.2) is 11.6 Å². The number of aryl methyl sites for hydroxylation is 1. The highest BCUT2D eigenvalue weighted by atomic mass is 19.2. The molecule has 1 aromatic carbocycles. The number of likely N-dealkylation sites (tertiary alicyclic amines) is 1. The van der Waals surface area contributed by atoms with Crippen LogP contribution in [0.4, 0.5) is 14.6 Å². The number of likely N-dealkylation sites (N-methyl/N-ethyl adjacent to an activating group) is 1. The number of carbonyl (C=O) groups excluding carboxylic acids is 2. The molecule has 0 unspecified atom stereocenters. The number of nitrogens with two attached hydrogens (primary N) is 1. The zero-order chi connectivity index (χ0) is 22.5. The first-order valence-corrected chi connectivity index (χ1v) is 10.2. The molecule has 0 radical (unpaired) electrons. The number of rotatable bonds is 7. The van der Waals surface area contributed by atoms with Crippen molar-refractivity contribution in [2.45, 2.75) is 44.8 Å². The molecule has 1 saturated heterocycles. The van der Waals surface area contributed by atoms with Crippen molar-refractivity contribution in [1.29, 1.82) is 0 Å². The number of benzene rings is 1. The number of carbonyl (C=O) groups is 2. The van der Waals surface area contributed by atoms with Gasteiger partial charge in [-0.1, -0.05) is 12.1 Å². The highest BCUT2D eigenvalue weighted by Crippen LogP contribution is 2.16. The number of hydrogen-bond donors (Lipinski definition) is 3. The van der Waals surface area contributed by atoms with E-state index >= 15 is 0 Å². The number of pyridine rings is 1. The number of hydrogen-bond acceptors (Lipinski definition) is 5. The molecule has 2 amide bonds. The summed E-state index contributed by atoms with van der Waals surface area (Å²) in [4.78, 5) is 31.8. The van der Waals surface area contributed by atoms with Gasteiger partial charge in [-0.3, -0.25) is 14.5 Å². The Bertz CT molecular complexity index is 969. The van der Waals surface area contributed by atoms with E-state index in [9.17, 15) is 18.4 Å². The lowest BCUT2D eigenvalue weighted by atomic mass is 10.0. The third-order valence-corrected chi connectivity index (χ3v) is 5.55. The maximum absolute atomic E-state index is 13.6. The number of nitrogens with zero attached hydrogens (tertiary/aromatic N) is 2. The van der Waals surface area contributed by atoms with Gasteiger partial charge < -0.3 is 16.4 Å². The van der Waals surface area contributed by atoms with Crippen LogP contribution in [-0.2, 0) is 22.6 Å². The normalized spacial score (nSPS) is 17.4. The maximum Gasteiger partial charge on any atom is 0.243 e. The Hall–Kier alpha value is -3.07. The first kappa shape index (κ1) is 22.6. The molecule has 31 heavy (non-hydrogen) atoms. The van der Waals surface area contributed by atoms with Crippen molar-refractivity contribution in [3.8, 4) is 0 Å². The van der Waals surface area contributed by atoms with Gasteiger partial charge in [-0.2, -0.15) is 0 Å². The number of halogens is 2. The van der Waals surface area contributed by atoms with E-state index in [4.69, 9.17) is 5.73 Å². The van der Waals surface area contributed by atoms with Crippen LogP contribution in [0.25, 0.3) is 0 Å². The van der Waals surface area contributed by atoms with Crippen molar-refractivity contribution in [2.75, 3.05) is 19.3 Å². The van der Waals surface area contributed by atoms with Crippen molar-refractivity contribution in [3.63, 3.8) is 0 Å². The van der Waals surface area contributed by atoms with E-state index in [2.05, 4.69) is 15.6 Å². The fourth-order valence-electron chi connectivity index (χ4n) is 3.72. The zero-order valence-electron chi connectivity index (χ0n) is 17.6. The Balaban J connectivity index is 1.73. The van der Waals surface area contributed by atoms with Gasteiger partial charge in [-0.05, 0) is 62.7 Å². The molecule has 2 heterocycles. The minimum atomic E-state index is -0.998. The van der Waals surface area contributed by atoms with Gasteiger partial charge in [0.2, 0.25) is 11.8 Å². The molecule has 2 aromatic rings. The van der Waals surface area contributed by atoms with Gasteiger partial charge >= 0.3 is 0 Å². The molecule has 0 aliphatic carbocycles. The molecule has 9 heteroatoms. The number of nitrogen functional groups attached to an aromatic ring is 1. The highest BCUT2D eigenvalue weighted by Gasteiger charge is 2.31. The van der Waals surface area contributed by atoms with Crippen molar-refractivity contribution in [2.24, 2.45) is 0 Å². The van der Waals surface area contributed by atoms with E-state index in [1.807, 2.05) is 11.9 Å². The Morgan fingerprint density at radius 1 is 1.26 bits per heavy atom. The molecule has 1 aliphatic rings. The molecule has 166 valence electrons. The fraction of sp³-hybridized carbons (Fsp3) is 0.409. The average Bonchev–Trinajstić information content (AvgIpc) is 3.15. The number of aromatic nitrogens is 1. The summed E-state index contributed by atoms with van der Waals surface area (Å²) in [5.74, 6) is -2.26. The largest absolute Gasteiger partial charge is 0.384 e. The summed E-state index contributed by atoms with van der Waals surface area (Å²) in [6.07, 6.45) is 1.64. The third kappa shape index (κ3) is 5.75. The number of anilines is 1. The lowest BCUT2D eigenvalue weighted by Gasteiger charge is -2.24. The van der Waals surface area contributed by atoms with Crippen LogP contribution in [0.1, 0.15) is 29.7 Å². The molecule has 1 aromatic heterocycles. The van der Waals surface area contributed by atoms with Crippen LogP contribution >= 0.6 is 0 Å². The number of amides is 2. The molecule has 0 bridgehead atoms. The Morgan fingerprint density at radius 2 is 2.03 bits per heavy atom. The molecule has 1 aliphatic heterocycles. The van der Waals surface area contributed by atoms with E-state index in [0.29, 0.717) is 23.5 Å². The number of nitrogens with one attached hydrogen (secondary N) is 2. The first-order valence-electron chi connectivity index (χ1n) is 10.2. The third-order valence-electron chi connectivity index (χ3n) is 5.55. The predicted octanol–water partition coefficient (Wildman–Crippen LogP) is 1.69. The van der Waals surface area contributed by atoms with E-state index in [-0.39, 0.29) is 24.9 Å². The molecule has 1 fully saturated rings. The Kier molecular flexibility index (Phi) is 7.17. The summed E-state index contributed by atoms with van der Waals surface area (Å²) in [7, 11) is 1.86. The molecule has 2 atom stereocenters. The van der Waals surface area contributed by atoms with Gasteiger partial charge in [-0.15, -0.1) is 0 Å². The minimum Gasteiger partial charge on any atom is -0.384 e.